The van der Waals surface area contributed by atoms with Crippen molar-refractivity contribution >= 4 is 5.97 Å². The normalized spacial score (nSPS) is 12.3. The fraction of sp³-hybridized carbons (Fsp3) is 0.250. The van der Waals surface area contributed by atoms with Crippen molar-refractivity contribution in [1.29, 1.82) is 0 Å². The van der Waals surface area contributed by atoms with Crippen LogP contribution in [0.25, 0.3) is 0 Å². The van der Waals surface area contributed by atoms with Crippen LogP contribution in [0.2, 0.25) is 0 Å². The van der Waals surface area contributed by atoms with E-state index < -0.39 is 18.2 Å². The second-order valence-electron chi connectivity index (χ2n) is 1.19. The Balaban J connectivity index is 3.86. The Kier molecular flexibility index (Phi) is 2.24. The number of alkyl halides is 3. The molecular formula is C4H2F3O2-. The summed E-state index contributed by atoms with van der Waals surface area (Å²) < 4.78 is 33.1. The van der Waals surface area contributed by atoms with E-state index in [4.69, 9.17) is 0 Å². The van der Waals surface area contributed by atoms with Gasteiger partial charge in [0.1, 0.15) is 0 Å². The smallest absolute Gasteiger partial charge is 0.409 e. The van der Waals surface area contributed by atoms with Crippen LogP contribution in [-0.2, 0) is 4.79 Å². The topological polar surface area (TPSA) is 40.1 Å². The van der Waals surface area contributed by atoms with E-state index in [9.17, 15) is 23.1 Å². The Morgan fingerprint density at radius 2 is 1.89 bits per heavy atom. The van der Waals surface area contributed by atoms with Gasteiger partial charge in [-0.05, 0) is 6.08 Å². The first-order chi connectivity index (χ1) is 3.92. The molecule has 0 N–H and O–H groups in total. The molecule has 0 aromatic carbocycles. The second kappa shape index (κ2) is 2.52. The first-order valence-corrected chi connectivity index (χ1v) is 1.89. The lowest BCUT2D eigenvalue weighted by molar-refractivity contribution is -0.297. The summed E-state index contributed by atoms with van der Waals surface area (Å²) in [4.78, 5) is 9.35. The molecule has 0 spiro atoms. The largest absolute Gasteiger partial charge is 0.545 e. The molecule has 0 amide bonds. The molecule has 0 atom stereocenters. The summed E-state index contributed by atoms with van der Waals surface area (Å²) in [5, 5.41) is 9.35. The lowest BCUT2D eigenvalue weighted by Gasteiger charge is -1.96. The number of aliphatic carboxylic acids is 1. The zero-order valence-corrected chi connectivity index (χ0v) is 4.11. The maximum atomic E-state index is 11.0. The molecule has 0 unspecified atom stereocenters. The molecule has 0 radical (unpaired) electrons. The summed E-state index contributed by atoms with van der Waals surface area (Å²) in [6.45, 7) is 0. The molecule has 0 saturated carbocycles. The van der Waals surface area contributed by atoms with Crippen LogP contribution in [0.4, 0.5) is 13.2 Å². The summed E-state index contributed by atoms with van der Waals surface area (Å²) >= 11 is 0. The Hall–Kier alpha value is -1.00. The molecule has 0 bridgehead atoms. The van der Waals surface area contributed by atoms with Gasteiger partial charge in [0.15, 0.2) is 0 Å². The summed E-state index contributed by atoms with van der Waals surface area (Å²) in [7, 11) is 0. The molecule has 0 rings (SSSR count). The Morgan fingerprint density at radius 3 is 2.00 bits per heavy atom. The highest BCUT2D eigenvalue weighted by Gasteiger charge is 2.21. The number of hydrogen-bond donors (Lipinski definition) is 0. The van der Waals surface area contributed by atoms with Gasteiger partial charge in [0.2, 0.25) is 0 Å². The molecule has 9 heavy (non-hydrogen) atoms. The lowest BCUT2D eigenvalue weighted by atomic mass is 10.5. The third kappa shape index (κ3) is 7.00. The molecule has 0 saturated heterocycles. The van der Waals surface area contributed by atoms with Crippen molar-refractivity contribution in [3.8, 4) is 0 Å². The molecule has 0 heterocycles. The Labute approximate surface area is 48.6 Å². The number of hydrogen-bond acceptors (Lipinski definition) is 2. The lowest BCUT2D eigenvalue weighted by Crippen LogP contribution is -2.19. The molecule has 0 aliphatic rings. The van der Waals surface area contributed by atoms with Gasteiger partial charge in [0, 0.05) is 6.08 Å². The molecule has 0 aliphatic carbocycles. The van der Waals surface area contributed by atoms with E-state index in [-0.39, 0.29) is 6.08 Å². The van der Waals surface area contributed by atoms with E-state index in [2.05, 4.69) is 0 Å². The molecule has 0 aromatic rings. The zero-order chi connectivity index (χ0) is 7.49. The standard InChI is InChI=1S/C4H3F3O2/c5-4(6,7)2-1-3(8)9/h1-2H,(H,8,9)/p-1/b2-1+. The van der Waals surface area contributed by atoms with Gasteiger partial charge in [0.25, 0.3) is 0 Å². The first-order valence-electron chi connectivity index (χ1n) is 1.89. The van der Waals surface area contributed by atoms with Crippen molar-refractivity contribution in [2.45, 2.75) is 6.18 Å². The third-order valence-corrected chi connectivity index (χ3v) is 0.408. The van der Waals surface area contributed by atoms with Gasteiger partial charge in [-0.1, -0.05) is 0 Å². The highest BCUT2D eigenvalue weighted by atomic mass is 19.4. The van der Waals surface area contributed by atoms with Crippen LogP contribution in [0.5, 0.6) is 0 Å². The molecule has 52 valence electrons. The van der Waals surface area contributed by atoms with Gasteiger partial charge < -0.3 is 9.90 Å². The van der Waals surface area contributed by atoms with E-state index in [1.165, 1.54) is 0 Å². The monoisotopic (exact) mass is 139 g/mol. The molecule has 0 aliphatic heterocycles. The van der Waals surface area contributed by atoms with Gasteiger partial charge in [-0.15, -0.1) is 0 Å². The minimum atomic E-state index is -4.57. The van der Waals surface area contributed by atoms with E-state index in [1.807, 2.05) is 0 Å². The predicted octanol–water partition coefficient (Wildman–Crippen LogP) is -0.145. The van der Waals surface area contributed by atoms with Gasteiger partial charge >= 0.3 is 6.18 Å². The summed E-state index contributed by atoms with van der Waals surface area (Å²) in [5.41, 5.74) is 0. The number of carboxylic acid groups (broad SMARTS) is 1. The van der Waals surface area contributed by atoms with Gasteiger partial charge in [-0.2, -0.15) is 13.2 Å². The van der Waals surface area contributed by atoms with Crippen LogP contribution in [0.3, 0.4) is 0 Å². The maximum absolute atomic E-state index is 11.0. The van der Waals surface area contributed by atoms with Crippen LogP contribution in [0.15, 0.2) is 12.2 Å². The Morgan fingerprint density at radius 1 is 1.44 bits per heavy atom. The quantitative estimate of drug-likeness (QED) is 0.474. The highest BCUT2D eigenvalue weighted by Crippen LogP contribution is 2.15. The van der Waals surface area contributed by atoms with Crippen molar-refractivity contribution in [3.05, 3.63) is 12.2 Å². The fourth-order valence-corrected chi connectivity index (χ4v) is 0.163. The average molecular weight is 139 g/mol. The number of carboxylic acids is 1. The number of carbonyl (C=O) groups is 1. The van der Waals surface area contributed by atoms with Gasteiger partial charge in [-0.25, -0.2) is 0 Å². The summed E-state index contributed by atoms with van der Waals surface area (Å²) in [6, 6.07) is 0. The van der Waals surface area contributed by atoms with Crippen molar-refractivity contribution in [2.75, 3.05) is 0 Å². The predicted molar refractivity (Wildman–Crippen MR) is 20.2 cm³/mol. The van der Waals surface area contributed by atoms with E-state index >= 15 is 0 Å². The van der Waals surface area contributed by atoms with E-state index in [0.29, 0.717) is 0 Å². The zero-order valence-electron chi connectivity index (χ0n) is 4.11. The van der Waals surface area contributed by atoms with Crippen LogP contribution in [-0.4, -0.2) is 12.1 Å². The third-order valence-electron chi connectivity index (χ3n) is 0.408. The molecular weight excluding hydrogens is 137 g/mol. The molecule has 0 aromatic heterocycles. The van der Waals surface area contributed by atoms with Crippen LogP contribution >= 0.6 is 0 Å². The van der Waals surface area contributed by atoms with Crippen molar-refractivity contribution in [2.24, 2.45) is 0 Å². The summed E-state index contributed by atoms with van der Waals surface area (Å²) in [5.74, 6) is -1.85. The van der Waals surface area contributed by atoms with Crippen molar-refractivity contribution in [1.82, 2.24) is 0 Å². The number of allylic oxidation sites excluding steroid dienone is 1. The number of rotatable bonds is 1. The van der Waals surface area contributed by atoms with E-state index in [1.54, 1.807) is 0 Å². The maximum Gasteiger partial charge on any atom is 0.409 e. The number of halogens is 3. The Bertz CT molecular complexity index is 135. The number of carbonyl (C=O) groups excluding carboxylic acids is 1. The van der Waals surface area contributed by atoms with Crippen molar-refractivity contribution in [3.63, 3.8) is 0 Å². The van der Waals surface area contributed by atoms with E-state index in [0.717, 1.165) is 0 Å². The van der Waals surface area contributed by atoms with Gasteiger partial charge in [-0.3, -0.25) is 0 Å². The average Bonchev–Trinajstić information content (AvgIpc) is 1.59. The fourth-order valence-electron chi connectivity index (χ4n) is 0.163. The molecule has 5 heteroatoms. The van der Waals surface area contributed by atoms with Crippen LogP contribution in [0, 0.1) is 0 Å². The SMILES string of the molecule is O=C([O-])/C=C/C(F)(F)F. The molecule has 2 nitrogen and oxygen atoms in total. The second-order valence-corrected chi connectivity index (χ2v) is 1.19. The van der Waals surface area contributed by atoms with Crippen molar-refractivity contribution < 1.29 is 23.1 Å². The van der Waals surface area contributed by atoms with Crippen LogP contribution < -0.4 is 5.11 Å². The minimum absolute atomic E-state index is 0.0694. The highest BCUT2D eigenvalue weighted by molar-refractivity contribution is 5.77. The van der Waals surface area contributed by atoms with Crippen LogP contribution in [0.1, 0.15) is 0 Å². The minimum Gasteiger partial charge on any atom is -0.545 e. The first kappa shape index (κ1) is 8.00. The molecule has 0 fully saturated rings. The summed E-state index contributed by atoms with van der Waals surface area (Å²) in [6.07, 6.45) is -5.04. The van der Waals surface area contributed by atoms with Gasteiger partial charge in [0.05, 0.1) is 5.97 Å².